The number of hydrogen-bond acceptors (Lipinski definition) is 4. The molecule has 3 rings (SSSR count). The fraction of sp³-hybridized carbons (Fsp3) is 0.353. The molecule has 2 aromatic rings. The number of nitrogens with one attached hydrogen (secondary N) is 1. The topological polar surface area (TPSA) is 75.4 Å². The second kappa shape index (κ2) is 6.64. The van der Waals surface area contributed by atoms with Crippen molar-refractivity contribution in [1.82, 2.24) is 9.88 Å². The monoisotopic (exact) mass is 313 g/mol. The zero-order valence-electron chi connectivity index (χ0n) is 13.0. The van der Waals surface area contributed by atoms with Crippen molar-refractivity contribution < 1.29 is 14.0 Å². The smallest absolute Gasteiger partial charge is 0.289 e. The Bertz CT molecular complexity index is 697. The Morgan fingerprint density at radius 2 is 2.26 bits per heavy atom. The van der Waals surface area contributed by atoms with Crippen LogP contribution in [0, 0.1) is 12.8 Å². The first-order valence-corrected chi connectivity index (χ1v) is 7.70. The van der Waals surface area contributed by atoms with Gasteiger partial charge in [0.15, 0.2) is 5.76 Å². The molecule has 0 bridgehead atoms. The highest BCUT2D eigenvalue weighted by atomic mass is 16.3. The number of likely N-dealkylation sites (tertiary alicyclic amines) is 1. The van der Waals surface area contributed by atoms with E-state index < -0.39 is 0 Å². The summed E-state index contributed by atoms with van der Waals surface area (Å²) in [5.41, 5.74) is 1.04. The third kappa shape index (κ3) is 3.59. The summed E-state index contributed by atoms with van der Waals surface area (Å²) in [4.78, 5) is 30.6. The summed E-state index contributed by atoms with van der Waals surface area (Å²) in [6.45, 7) is 2.99. The number of aryl methyl sites for hydroxylation is 1. The van der Waals surface area contributed by atoms with Gasteiger partial charge in [-0.25, -0.2) is 4.98 Å². The van der Waals surface area contributed by atoms with Crippen molar-refractivity contribution in [1.29, 1.82) is 0 Å². The Labute approximate surface area is 134 Å². The highest BCUT2D eigenvalue weighted by molar-refractivity contribution is 5.94. The molecule has 3 heterocycles. The lowest BCUT2D eigenvalue weighted by Crippen LogP contribution is -2.43. The van der Waals surface area contributed by atoms with Crippen LogP contribution in [0.5, 0.6) is 0 Å². The normalized spacial score (nSPS) is 17.8. The first-order chi connectivity index (χ1) is 11.1. The number of piperidine rings is 1. The molecular weight excluding hydrogens is 294 g/mol. The fourth-order valence-electron chi connectivity index (χ4n) is 2.76. The average Bonchev–Trinajstić information content (AvgIpc) is 3.09. The molecule has 0 saturated carbocycles. The molecule has 1 aliphatic rings. The minimum atomic E-state index is -0.232. The molecule has 0 aromatic carbocycles. The fourth-order valence-corrected chi connectivity index (χ4v) is 2.76. The number of pyridine rings is 1. The molecule has 2 amide bonds. The first-order valence-electron chi connectivity index (χ1n) is 7.70. The van der Waals surface area contributed by atoms with Gasteiger partial charge in [-0.05, 0) is 49.6 Å². The van der Waals surface area contributed by atoms with Crippen molar-refractivity contribution in [2.75, 3.05) is 18.4 Å². The molecule has 1 saturated heterocycles. The van der Waals surface area contributed by atoms with Gasteiger partial charge in [-0.2, -0.15) is 0 Å². The van der Waals surface area contributed by atoms with Gasteiger partial charge < -0.3 is 14.6 Å². The number of carbonyl (C=O) groups excluding carboxylic acids is 2. The van der Waals surface area contributed by atoms with E-state index in [1.165, 1.54) is 6.26 Å². The van der Waals surface area contributed by atoms with Gasteiger partial charge >= 0.3 is 0 Å². The van der Waals surface area contributed by atoms with Crippen molar-refractivity contribution >= 4 is 17.6 Å². The summed E-state index contributed by atoms with van der Waals surface area (Å²) >= 11 is 0. The molecular formula is C17H19N3O3. The molecule has 1 fully saturated rings. The van der Waals surface area contributed by atoms with E-state index in [1.54, 1.807) is 23.2 Å². The number of hydrogen-bond donors (Lipinski definition) is 1. The SMILES string of the molecule is Cc1ccnc(NC(=O)C2CCCN(C(=O)c3ccco3)C2)c1. The van der Waals surface area contributed by atoms with Crippen LogP contribution in [0.4, 0.5) is 5.82 Å². The van der Waals surface area contributed by atoms with Crippen LogP contribution >= 0.6 is 0 Å². The molecule has 6 heteroatoms. The first kappa shape index (κ1) is 15.3. The Kier molecular flexibility index (Phi) is 4.41. The molecule has 1 unspecified atom stereocenters. The molecule has 0 aliphatic carbocycles. The van der Waals surface area contributed by atoms with E-state index in [2.05, 4.69) is 10.3 Å². The molecule has 23 heavy (non-hydrogen) atoms. The minimum Gasteiger partial charge on any atom is -0.459 e. The number of amides is 2. The van der Waals surface area contributed by atoms with E-state index in [9.17, 15) is 9.59 Å². The molecule has 2 aromatic heterocycles. The Morgan fingerprint density at radius 3 is 3.00 bits per heavy atom. The van der Waals surface area contributed by atoms with E-state index in [-0.39, 0.29) is 17.7 Å². The predicted molar refractivity (Wildman–Crippen MR) is 84.9 cm³/mol. The van der Waals surface area contributed by atoms with Gasteiger partial charge in [0.05, 0.1) is 12.2 Å². The maximum Gasteiger partial charge on any atom is 0.289 e. The van der Waals surface area contributed by atoms with E-state index in [0.29, 0.717) is 24.7 Å². The molecule has 6 nitrogen and oxygen atoms in total. The summed E-state index contributed by atoms with van der Waals surface area (Å²) in [5.74, 6) is 0.363. The van der Waals surface area contributed by atoms with Crippen LogP contribution in [0.25, 0.3) is 0 Å². The van der Waals surface area contributed by atoms with Crippen molar-refractivity contribution in [3.05, 3.63) is 48.0 Å². The van der Waals surface area contributed by atoms with E-state index in [0.717, 1.165) is 18.4 Å². The van der Waals surface area contributed by atoms with Gasteiger partial charge in [-0.1, -0.05) is 0 Å². The largest absolute Gasteiger partial charge is 0.459 e. The number of furan rings is 1. The highest BCUT2D eigenvalue weighted by Crippen LogP contribution is 2.20. The van der Waals surface area contributed by atoms with Crippen LogP contribution in [0.1, 0.15) is 29.0 Å². The second-order valence-corrected chi connectivity index (χ2v) is 5.78. The zero-order chi connectivity index (χ0) is 16.2. The number of nitrogens with zero attached hydrogens (tertiary/aromatic N) is 2. The maximum atomic E-state index is 12.4. The minimum absolute atomic E-state index is 0.0972. The average molecular weight is 313 g/mol. The number of aromatic nitrogens is 1. The molecule has 1 aliphatic heterocycles. The summed E-state index contributed by atoms with van der Waals surface area (Å²) in [7, 11) is 0. The maximum absolute atomic E-state index is 12.4. The number of rotatable bonds is 3. The van der Waals surface area contributed by atoms with Crippen molar-refractivity contribution in [2.45, 2.75) is 19.8 Å². The second-order valence-electron chi connectivity index (χ2n) is 5.78. The van der Waals surface area contributed by atoms with Crippen LogP contribution in [-0.2, 0) is 4.79 Å². The Hall–Kier alpha value is -2.63. The molecule has 1 N–H and O–H groups in total. The van der Waals surface area contributed by atoms with Crippen LogP contribution < -0.4 is 5.32 Å². The Balaban J connectivity index is 1.64. The molecule has 120 valence electrons. The van der Waals surface area contributed by atoms with Crippen molar-refractivity contribution in [3.63, 3.8) is 0 Å². The van der Waals surface area contributed by atoms with Gasteiger partial charge in [-0.3, -0.25) is 9.59 Å². The van der Waals surface area contributed by atoms with Crippen LogP contribution in [0.15, 0.2) is 41.1 Å². The van der Waals surface area contributed by atoms with Gasteiger partial charge in [0.25, 0.3) is 5.91 Å². The third-order valence-corrected chi connectivity index (χ3v) is 3.98. The summed E-state index contributed by atoms with van der Waals surface area (Å²) < 4.78 is 5.15. The third-order valence-electron chi connectivity index (χ3n) is 3.98. The molecule has 0 spiro atoms. The number of anilines is 1. The molecule has 0 radical (unpaired) electrons. The highest BCUT2D eigenvalue weighted by Gasteiger charge is 2.30. The van der Waals surface area contributed by atoms with Gasteiger partial charge in [0.2, 0.25) is 5.91 Å². The quantitative estimate of drug-likeness (QED) is 0.944. The lowest BCUT2D eigenvalue weighted by molar-refractivity contribution is -0.121. The lowest BCUT2D eigenvalue weighted by Gasteiger charge is -2.31. The molecule has 1 atom stereocenters. The summed E-state index contributed by atoms with van der Waals surface area (Å²) in [6, 6.07) is 7.03. The van der Waals surface area contributed by atoms with Crippen LogP contribution in [0.3, 0.4) is 0 Å². The predicted octanol–water partition coefficient (Wildman–Crippen LogP) is 2.47. The van der Waals surface area contributed by atoms with E-state index in [4.69, 9.17) is 4.42 Å². The summed E-state index contributed by atoms with van der Waals surface area (Å²) in [6.07, 6.45) is 4.70. The van der Waals surface area contributed by atoms with Crippen molar-refractivity contribution in [3.8, 4) is 0 Å². The standard InChI is InChI=1S/C17H19N3O3/c1-12-6-7-18-15(10-12)19-16(21)13-4-2-8-20(11-13)17(22)14-5-3-9-23-14/h3,5-7,9-10,13H,2,4,8,11H2,1H3,(H,18,19,21). The van der Waals surface area contributed by atoms with Crippen LogP contribution in [0.2, 0.25) is 0 Å². The van der Waals surface area contributed by atoms with Gasteiger partial charge in [0.1, 0.15) is 5.82 Å². The lowest BCUT2D eigenvalue weighted by atomic mass is 9.97. The van der Waals surface area contributed by atoms with E-state index in [1.807, 2.05) is 19.1 Å². The van der Waals surface area contributed by atoms with Crippen LogP contribution in [-0.4, -0.2) is 34.8 Å². The van der Waals surface area contributed by atoms with Gasteiger partial charge in [0, 0.05) is 19.3 Å². The van der Waals surface area contributed by atoms with Gasteiger partial charge in [-0.15, -0.1) is 0 Å². The van der Waals surface area contributed by atoms with E-state index >= 15 is 0 Å². The zero-order valence-corrected chi connectivity index (χ0v) is 13.0. The summed E-state index contributed by atoms with van der Waals surface area (Å²) in [5, 5.41) is 2.84. The van der Waals surface area contributed by atoms with Crippen molar-refractivity contribution in [2.24, 2.45) is 5.92 Å². The Morgan fingerprint density at radius 1 is 1.39 bits per heavy atom. The number of carbonyl (C=O) groups is 2.